The summed E-state index contributed by atoms with van der Waals surface area (Å²) in [7, 11) is 0. The molecule has 0 saturated carbocycles. The Labute approximate surface area is 85.3 Å². The Hall–Kier alpha value is -1.75. The number of terminal acetylenes is 1. The van der Waals surface area contributed by atoms with Gasteiger partial charge in [0.1, 0.15) is 0 Å². The van der Waals surface area contributed by atoms with Crippen molar-refractivity contribution in [2.24, 2.45) is 0 Å². The summed E-state index contributed by atoms with van der Waals surface area (Å²) in [5, 5.41) is 2.64. The normalized spacial score (nSPS) is 7.86. The minimum Gasteiger partial charge on any atom is -0.326 e. The van der Waals surface area contributed by atoms with Crippen LogP contribution in [0, 0.1) is 12.3 Å². The molecule has 2 heteroatoms. The van der Waals surface area contributed by atoms with Crippen molar-refractivity contribution in [1.29, 1.82) is 0 Å². The minimum atomic E-state index is -0.0934. The van der Waals surface area contributed by atoms with Crippen LogP contribution >= 0.6 is 0 Å². The van der Waals surface area contributed by atoms with Gasteiger partial charge in [-0.3, -0.25) is 4.79 Å². The van der Waals surface area contributed by atoms with Crippen LogP contribution in [0.25, 0.3) is 0 Å². The highest BCUT2D eigenvalue weighted by atomic mass is 16.1. The fraction of sp³-hybridized carbons (Fsp3) is 0.250. The second-order valence-corrected chi connectivity index (χ2v) is 2.41. The lowest BCUT2D eigenvalue weighted by molar-refractivity contribution is -0.114. The smallest absolute Gasteiger partial charge is 0.221 e. The minimum absolute atomic E-state index is 0.0934. The van der Waals surface area contributed by atoms with E-state index in [1.54, 1.807) is 18.2 Å². The first-order chi connectivity index (χ1) is 6.72. The van der Waals surface area contributed by atoms with Gasteiger partial charge in [0.05, 0.1) is 0 Å². The molecule has 0 aromatic heterocycles. The quantitative estimate of drug-likeness (QED) is 0.676. The number of amides is 1. The summed E-state index contributed by atoms with van der Waals surface area (Å²) in [6.45, 7) is 5.46. The van der Waals surface area contributed by atoms with E-state index >= 15 is 0 Å². The van der Waals surface area contributed by atoms with Crippen LogP contribution < -0.4 is 5.32 Å². The maximum Gasteiger partial charge on any atom is 0.221 e. The fourth-order valence-electron chi connectivity index (χ4n) is 0.890. The lowest BCUT2D eigenvalue weighted by atomic mass is 10.2. The Balaban J connectivity index is 0.000000791. The predicted molar refractivity (Wildman–Crippen MR) is 60.0 cm³/mol. The van der Waals surface area contributed by atoms with Crippen molar-refractivity contribution < 1.29 is 4.79 Å². The Morgan fingerprint density at radius 2 is 2.07 bits per heavy atom. The molecule has 0 saturated heterocycles. The van der Waals surface area contributed by atoms with Crippen LogP contribution in [0.15, 0.2) is 24.3 Å². The van der Waals surface area contributed by atoms with E-state index < -0.39 is 0 Å². The number of rotatable bonds is 1. The van der Waals surface area contributed by atoms with Gasteiger partial charge in [-0.05, 0) is 18.2 Å². The van der Waals surface area contributed by atoms with Gasteiger partial charge >= 0.3 is 0 Å². The monoisotopic (exact) mass is 189 g/mol. The van der Waals surface area contributed by atoms with Crippen molar-refractivity contribution in [3.05, 3.63) is 29.8 Å². The number of carbonyl (C=O) groups is 1. The molecule has 0 atom stereocenters. The summed E-state index contributed by atoms with van der Waals surface area (Å²) in [6.07, 6.45) is 5.19. The Bertz CT molecular complexity index is 336. The highest BCUT2D eigenvalue weighted by molar-refractivity contribution is 5.88. The summed E-state index contributed by atoms with van der Waals surface area (Å²) in [5.41, 5.74) is 1.50. The number of anilines is 1. The van der Waals surface area contributed by atoms with E-state index in [4.69, 9.17) is 6.42 Å². The van der Waals surface area contributed by atoms with Crippen molar-refractivity contribution >= 4 is 11.6 Å². The molecule has 0 aliphatic carbocycles. The molecule has 1 N–H and O–H groups in total. The van der Waals surface area contributed by atoms with Crippen molar-refractivity contribution in [1.82, 2.24) is 0 Å². The van der Waals surface area contributed by atoms with E-state index in [9.17, 15) is 4.79 Å². The van der Waals surface area contributed by atoms with E-state index in [-0.39, 0.29) is 5.91 Å². The zero-order chi connectivity index (χ0) is 11.0. The van der Waals surface area contributed by atoms with Crippen LogP contribution in [0.1, 0.15) is 26.3 Å². The van der Waals surface area contributed by atoms with E-state index in [1.807, 2.05) is 19.9 Å². The number of hydrogen-bond acceptors (Lipinski definition) is 1. The van der Waals surface area contributed by atoms with Gasteiger partial charge in [0.2, 0.25) is 5.91 Å². The third kappa shape index (κ3) is 4.32. The van der Waals surface area contributed by atoms with Gasteiger partial charge in [-0.2, -0.15) is 0 Å². The molecule has 1 aromatic carbocycles. The van der Waals surface area contributed by atoms with Gasteiger partial charge in [-0.25, -0.2) is 0 Å². The van der Waals surface area contributed by atoms with E-state index in [2.05, 4.69) is 11.2 Å². The second-order valence-electron chi connectivity index (χ2n) is 2.41. The fourth-order valence-corrected chi connectivity index (χ4v) is 0.890. The molecule has 0 aliphatic heterocycles. The molecule has 0 radical (unpaired) electrons. The lowest BCUT2D eigenvalue weighted by Gasteiger charge is -2.00. The van der Waals surface area contributed by atoms with Crippen molar-refractivity contribution in [2.75, 3.05) is 5.32 Å². The largest absolute Gasteiger partial charge is 0.326 e. The average Bonchev–Trinajstić information content (AvgIpc) is 2.20. The van der Waals surface area contributed by atoms with Crippen molar-refractivity contribution in [3.63, 3.8) is 0 Å². The molecule has 2 nitrogen and oxygen atoms in total. The standard InChI is InChI=1S/C10H9NO.C2H6/c1-3-9-5-4-6-10(7-9)11-8(2)12;1-2/h1,4-7H,2H3,(H,11,12);1-2H3. The van der Waals surface area contributed by atoms with Gasteiger partial charge in [-0.1, -0.05) is 25.8 Å². The highest BCUT2D eigenvalue weighted by Gasteiger charge is 1.94. The zero-order valence-corrected chi connectivity index (χ0v) is 8.79. The summed E-state index contributed by atoms with van der Waals surface area (Å²) >= 11 is 0. The number of benzene rings is 1. The molecular formula is C12H15NO. The second kappa shape index (κ2) is 6.73. The first-order valence-electron chi connectivity index (χ1n) is 4.56. The molecule has 1 rings (SSSR count). The topological polar surface area (TPSA) is 29.1 Å². The Morgan fingerprint density at radius 3 is 2.57 bits per heavy atom. The first-order valence-corrected chi connectivity index (χ1v) is 4.56. The van der Waals surface area contributed by atoms with Crippen LogP contribution in [-0.4, -0.2) is 5.91 Å². The van der Waals surface area contributed by atoms with Crippen LogP contribution in [0.5, 0.6) is 0 Å². The molecule has 0 spiro atoms. The summed E-state index contributed by atoms with van der Waals surface area (Å²) in [4.78, 5) is 10.7. The van der Waals surface area contributed by atoms with E-state index in [0.29, 0.717) is 0 Å². The third-order valence-corrected chi connectivity index (χ3v) is 1.35. The Kier molecular flexibility index (Phi) is 5.89. The van der Waals surface area contributed by atoms with Crippen LogP contribution in [0.3, 0.4) is 0 Å². The molecule has 14 heavy (non-hydrogen) atoms. The van der Waals surface area contributed by atoms with Crippen LogP contribution in [0.2, 0.25) is 0 Å². The Morgan fingerprint density at radius 1 is 1.43 bits per heavy atom. The van der Waals surface area contributed by atoms with Crippen molar-refractivity contribution in [2.45, 2.75) is 20.8 Å². The summed E-state index contributed by atoms with van der Waals surface area (Å²) < 4.78 is 0. The maximum atomic E-state index is 10.7. The molecule has 74 valence electrons. The maximum absolute atomic E-state index is 10.7. The summed E-state index contributed by atoms with van der Waals surface area (Å²) in [6, 6.07) is 7.16. The lowest BCUT2D eigenvalue weighted by Crippen LogP contribution is -2.05. The number of nitrogens with one attached hydrogen (secondary N) is 1. The molecule has 0 heterocycles. The number of carbonyl (C=O) groups excluding carboxylic acids is 1. The average molecular weight is 189 g/mol. The molecule has 0 bridgehead atoms. The highest BCUT2D eigenvalue weighted by Crippen LogP contribution is 2.08. The molecule has 0 unspecified atom stereocenters. The zero-order valence-electron chi connectivity index (χ0n) is 8.79. The SMILES string of the molecule is C#Cc1cccc(NC(C)=O)c1.CC. The number of hydrogen-bond donors (Lipinski definition) is 1. The van der Waals surface area contributed by atoms with Crippen LogP contribution in [0.4, 0.5) is 5.69 Å². The first kappa shape index (κ1) is 12.2. The van der Waals surface area contributed by atoms with Crippen LogP contribution in [-0.2, 0) is 4.79 Å². The van der Waals surface area contributed by atoms with Gasteiger partial charge in [-0.15, -0.1) is 6.42 Å². The molecule has 1 aromatic rings. The van der Waals surface area contributed by atoms with Gasteiger partial charge < -0.3 is 5.32 Å². The van der Waals surface area contributed by atoms with Gasteiger partial charge in [0.15, 0.2) is 0 Å². The van der Waals surface area contributed by atoms with Gasteiger partial charge in [0.25, 0.3) is 0 Å². The van der Waals surface area contributed by atoms with E-state index in [0.717, 1.165) is 11.3 Å². The van der Waals surface area contributed by atoms with Gasteiger partial charge in [0, 0.05) is 18.2 Å². The summed E-state index contributed by atoms with van der Waals surface area (Å²) in [5.74, 6) is 2.40. The van der Waals surface area contributed by atoms with Crippen molar-refractivity contribution in [3.8, 4) is 12.3 Å². The molecular weight excluding hydrogens is 174 g/mol. The molecule has 0 aliphatic rings. The molecule has 1 amide bonds. The molecule has 0 fully saturated rings. The predicted octanol–water partition coefficient (Wildman–Crippen LogP) is 2.65. The van der Waals surface area contributed by atoms with E-state index in [1.165, 1.54) is 6.92 Å². The third-order valence-electron chi connectivity index (χ3n) is 1.35.